The van der Waals surface area contributed by atoms with E-state index in [0.717, 1.165) is 11.1 Å². The van der Waals surface area contributed by atoms with E-state index in [1.807, 2.05) is 22.8 Å². The molecule has 0 saturated heterocycles. The minimum absolute atomic E-state index is 0.313. The van der Waals surface area contributed by atoms with Crippen LogP contribution in [0, 0.1) is 21.9 Å². The number of imidazole rings is 1. The van der Waals surface area contributed by atoms with Gasteiger partial charge >= 0.3 is 0 Å². The van der Waals surface area contributed by atoms with E-state index in [2.05, 4.69) is 11.1 Å². The van der Waals surface area contributed by atoms with Crippen LogP contribution in [0.5, 0.6) is 0 Å². The summed E-state index contributed by atoms with van der Waals surface area (Å²) in [5.74, 6) is -0.313. The molecule has 0 aliphatic heterocycles. The summed E-state index contributed by atoms with van der Waals surface area (Å²) >= 11 is 5.25. The number of hydrogen-bond donors (Lipinski definition) is 1. The smallest absolute Gasteiger partial charge is 0.178 e. The van der Waals surface area contributed by atoms with Gasteiger partial charge < -0.3 is 9.55 Å². The number of nitriles is 1. The Bertz CT molecular complexity index is 869. The molecule has 0 unspecified atom stereocenters. The van der Waals surface area contributed by atoms with E-state index in [4.69, 9.17) is 17.5 Å². The fraction of sp³-hybridized carbons (Fsp3) is 0.0667. The third kappa shape index (κ3) is 2.10. The fourth-order valence-corrected chi connectivity index (χ4v) is 2.43. The lowest BCUT2D eigenvalue weighted by Gasteiger charge is -2.05. The highest BCUT2D eigenvalue weighted by atomic mass is 32.1. The molecule has 0 amide bonds. The molecule has 0 aliphatic carbocycles. The van der Waals surface area contributed by atoms with Crippen LogP contribution in [-0.2, 0) is 6.54 Å². The molecule has 3 nitrogen and oxygen atoms in total. The summed E-state index contributed by atoms with van der Waals surface area (Å²) in [6.45, 7) is 0.536. The molecular weight excluding hydrogens is 273 g/mol. The number of benzene rings is 2. The molecule has 5 heteroatoms. The van der Waals surface area contributed by atoms with Gasteiger partial charge in [0.1, 0.15) is 11.3 Å². The Hall–Kier alpha value is -2.45. The standard InChI is InChI=1S/C15H10FN3S/c16-12-2-1-3-13-14(12)18-15(20)19(13)9-11-6-4-10(8-17)5-7-11/h1-7H,9H2,(H,18,20). The van der Waals surface area contributed by atoms with Crippen LogP contribution in [0.1, 0.15) is 11.1 Å². The SMILES string of the molecule is N#Cc1ccc(Cn2c(=S)[nH]c3c(F)cccc32)cc1. The predicted molar refractivity (Wildman–Crippen MR) is 77.3 cm³/mol. The van der Waals surface area contributed by atoms with E-state index in [-0.39, 0.29) is 5.82 Å². The number of halogens is 1. The average molecular weight is 283 g/mol. The van der Waals surface area contributed by atoms with Crippen LogP contribution in [-0.4, -0.2) is 9.55 Å². The van der Waals surface area contributed by atoms with Gasteiger partial charge in [0.05, 0.1) is 23.7 Å². The van der Waals surface area contributed by atoms with E-state index in [1.54, 1.807) is 18.2 Å². The van der Waals surface area contributed by atoms with Crippen molar-refractivity contribution in [2.24, 2.45) is 0 Å². The Kier molecular flexibility index (Phi) is 3.09. The third-order valence-electron chi connectivity index (χ3n) is 3.18. The van der Waals surface area contributed by atoms with Crippen LogP contribution in [0.15, 0.2) is 42.5 Å². The van der Waals surface area contributed by atoms with E-state index in [9.17, 15) is 4.39 Å². The summed E-state index contributed by atoms with van der Waals surface area (Å²) in [4.78, 5) is 2.89. The Labute approximate surface area is 119 Å². The van der Waals surface area contributed by atoms with Gasteiger partial charge in [-0.3, -0.25) is 0 Å². The zero-order chi connectivity index (χ0) is 14.1. The maximum atomic E-state index is 13.7. The minimum atomic E-state index is -0.313. The topological polar surface area (TPSA) is 44.5 Å². The maximum Gasteiger partial charge on any atom is 0.178 e. The molecule has 0 aliphatic rings. The van der Waals surface area contributed by atoms with Crippen molar-refractivity contribution >= 4 is 23.3 Å². The number of H-pyrrole nitrogens is 1. The molecule has 0 radical (unpaired) electrons. The monoisotopic (exact) mass is 283 g/mol. The number of para-hydroxylation sites is 1. The zero-order valence-corrected chi connectivity index (χ0v) is 11.2. The quantitative estimate of drug-likeness (QED) is 0.728. The number of aromatic nitrogens is 2. The van der Waals surface area contributed by atoms with Crippen LogP contribution < -0.4 is 0 Å². The Morgan fingerprint density at radius 2 is 1.95 bits per heavy atom. The van der Waals surface area contributed by atoms with Crippen molar-refractivity contribution in [1.29, 1.82) is 5.26 Å². The number of hydrogen-bond acceptors (Lipinski definition) is 2. The van der Waals surface area contributed by atoms with Crippen molar-refractivity contribution in [3.8, 4) is 6.07 Å². The lowest BCUT2D eigenvalue weighted by atomic mass is 10.1. The van der Waals surface area contributed by atoms with Crippen molar-refractivity contribution in [2.45, 2.75) is 6.54 Å². The van der Waals surface area contributed by atoms with Crippen molar-refractivity contribution < 1.29 is 4.39 Å². The Morgan fingerprint density at radius 1 is 1.20 bits per heavy atom. The van der Waals surface area contributed by atoms with Gasteiger partial charge in [0.15, 0.2) is 4.77 Å². The Balaban J connectivity index is 2.06. The normalized spacial score (nSPS) is 10.6. The van der Waals surface area contributed by atoms with Crippen LogP contribution in [0.25, 0.3) is 11.0 Å². The minimum Gasteiger partial charge on any atom is -0.328 e. The van der Waals surface area contributed by atoms with E-state index >= 15 is 0 Å². The fourth-order valence-electron chi connectivity index (χ4n) is 2.17. The van der Waals surface area contributed by atoms with E-state index < -0.39 is 0 Å². The predicted octanol–water partition coefficient (Wildman–Crippen LogP) is 3.76. The molecule has 1 heterocycles. The van der Waals surface area contributed by atoms with Crippen molar-refractivity contribution in [2.75, 3.05) is 0 Å². The van der Waals surface area contributed by atoms with Gasteiger partial charge in [-0.2, -0.15) is 5.26 Å². The second-order valence-electron chi connectivity index (χ2n) is 4.46. The molecule has 1 N–H and O–H groups in total. The second-order valence-corrected chi connectivity index (χ2v) is 4.85. The molecule has 0 atom stereocenters. The van der Waals surface area contributed by atoms with Gasteiger partial charge in [0.2, 0.25) is 0 Å². The highest BCUT2D eigenvalue weighted by molar-refractivity contribution is 7.71. The first kappa shape index (κ1) is 12.6. The van der Waals surface area contributed by atoms with Gasteiger partial charge in [0, 0.05) is 0 Å². The third-order valence-corrected chi connectivity index (χ3v) is 3.51. The maximum absolute atomic E-state index is 13.7. The average Bonchev–Trinajstić information content (AvgIpc) is 2.78. The largest absolute Gasteiger partial charge is 0.328 e. The summed E-state index contributed by atoms with van der Waals surface area (Å²) in [7, 11) is 0. The molecule has 1 aromatic heterocycles. The van der Waals surface area contributed by atoms with Gasteiger partial charge in [-0.1, -0.05) is 18.2 Å². The summed E-state index contributed by atoms with van der Waals surface area (Å²) in [6.07, 6.45) is 0. The first-order valence-corrected chi connectivity index (χ1v) is 6.46. The number of fused-ring (bicyclic) bond motifs is 1. The Morgan fingerprint density at radius 3 is 2.65 bits per heavy atom. The number of aromatic amines is 1. The molecule has 0 fully saturated rings. The molecule has 3 aromatic rings. The van der Waals surface area contributed by atoms with E-state index in [1.165, 1.54) is 6.07 Å². The lowest BCUT2D eigenvalue weighted by Crippen LogP contribution is -1.99. The van der Waals surface area contributed by atoms with Crippen LogP contribution in [0.4, 0.5) is 4.39 Å². The second kappa shape index (κ2) is 4.91. The molecule has 0 spiro atoms. The van der Waals surface area contributed by atoms with Crippen LogP contribution in [0.2, 0.25) is 0 Å². The van der Waals surface area contributed by atoms with Gasteiger partial charge in [-0.25, -0.2) is 4.39 Å². The van der Waals surface area contributed by atoms with Crippen molar-refractivity contribution in [3.05, 3.63) is 64.2 Å². The zero-order valence-electron chi connectivity index (χ0n) is 10.4. The molecule has 0 bridgehead atoms. The molecule has 3 rings (SSSR count). The summed E-state index contributed by atoms with van der Waals surface area (Å²) in [5.41, 5.74) is 2.78. The van der Waals surface area contributed by atoms with Gasteiger partial charge in [-0.05, 0) is 42.0 Å². The van der Waals surface area contributed by atoms with Crippen molar-refractivity contribution in [1.82, 2.24) is 9.55 Å². The number of nitrogens with one attached hydrogen (secondary N) is 1. The molecular formula is C15H10FN3S. The highest BCUT2D eigenvalue weighted by Crippen LogP contribution is 2.18. The van der Waals surface area contributed by atoms with Crippen LogP contribution in [0.3, 0.4) is 0 Å². The van der Waals surface area contributed by atoms with Crippen LogP contribution >= 0.6 is 12.2 Å². The molecule has 0 saturated carbocycles. The summed E-state index contributed by atoms with van der Waals surface area (Å²) in [6, 6.07) is 14.2. The van der Waals surface area contributed by atoms with Gasteiger partial charge in [-0.15, -0.1) is 0 Å². The van der Waals surface area contributed by atoms with Gasteiger partial charge in [0.25, 0.3) is 0 Å². The summed E-state index contributed by atoms with van der Waals surface area (Å²) in [5, 5.41) is 8.78. The van der Waals surface area contributed by atoms with E-state index in [0.29, 0.717) is 22.4 Å². The highest BCUT2D eigenvalue weighted by Gasteiger charge is 2.08. The number of rotatable bonds is 2. The number of nitrogens with zero attached hydrogens (tertiary/aromatic N) is 2. The summed E-state index contributed by atoms with van der Waals surface area (Å²) < 4.78 is 16.0. The lowest BCUT2D eigenvalue weighted by molar-refractivity contribution is 0.637. The first-order chi connectivity index (χ1) is 9.69. The molecule has 20 heavy (non-hydrogen) atoms. The molecule has 98 valence electrons. The molecule has 2 aromatic carbocycles. The van der Waals surface area contributed by atoms with Crippen molar-refractivity contribution in [3.63, 3.8) is 0 Å². The first-order valence-electron chi connectivity index (χ1n) is 6.05.